The fourth-order valence-electron chi connectivity index (χ4n) is 3.37. The van der Waals surface area contributed by atoms with Gasteiger partial charge in [-0.1, -0.05) is 58.4 Å². The summed E-state index contributed by atoms with van der Waals surface area (Å²) < 4.78 is 0.980. The number of carbonyl (C=O) groups excluding carboxylic acids is 1. The molecule has 1 aliphatic rings. The van der Waals surface area contributed by atoms with Gasteiger partial charge in [-0.25, -0.2) is 0 Å². The van der Waals surface area contributed by atoms with Crippen molar-refractivity contribution in [3.05, 3.63) is 80.3 Å². The van der Waals surface area contributed by atoms with Crippen molar-refractivity contribution in [3.8, 4) is 0 Å². The van der Waals surface area contributed by atoms with E-state index < -0.39 is 0 Å². The number of ketones is 1. The Balaban J connectivity index is 1.92. The highest BCUT2D eigenvalue weighted by atomic mass is 79.9. The average Bonchev–Trinajstić information content (AvgIpc) is 2.53. The number of hydrogen-bond donors (Lipinski definition) is 0. The standard InChI is InChI=1S/C18H16BrNO3/c19-14-8-6-13(7-9-14)15-10-17(21)18(15)16(11-20(22)23)12-4-2-1-3-5-12/h1-9,15-16,18H,10-11H2/t15-,16+,18+/m0/s1. The summed E-state index contributed by atoms with van der Waals surface area (Å²) in [5.41, 5.74) is 1.94. The van der Waals surface area contributed by atoms with Gasteiger partial charge in [0.2, 0.25) is 6.54 Å². The van der Waals surface area contributed by atoms with Gasteiger partial charge in [0.05, 0.1) is 5.92 Å². The molecule has 2 aromatic carbocycles. The van der Waals surface area contributed by atoms with Gasteiger partial charge in [-0.2, -0.15) is 0 Å². The van der Waals surface area contributed by atoms with Gasteiger partial charge >= 0.3 is 0 Å². The molecule has 0 radical (unpaired) electrons. The fraction of sp³-hybridized carbons (Fsp3) is 0.278. The summed E-state index contributed by atoms with van der Waals surface area (Å²) in [5, 5.41) is 11.1. The maximum atomic E-state index is 12.2. The first kappa shape index (κ1) is 15.9. The molecule has 3 atom stereocenters. The molecule has 1 aliphatic carbocycles. The maximum absolute atomic E-state index is 12.2. The lowest BCUT2D eigenvalue weighted by Crippen LogP contribution is -2.41. The summed E-state index contributed by atoms with van der Waals surface area (Å²) in [6.45, 7) is -0.215. The number of halogens is 1. The third kappa shape index (κ3) is 3.34. The van der Waals surface area contributed by atoms with Crippen molar-refractivity contribution in [1.29, 1.82) is 0 Å². The second kappa shape index (κ2) is 6.62. The minimum Gasteiger partial charge on any atom is -0.299 e. The minimum atomic E-state index is -0.374. The second-order valence-corrected chi connectivity index (χ2v) is 6.80. The van der Waals surface area contributed by atoms with Crippen LogP contribution in [-0.4, -0.2) is 17.3 Å². The molecule has 2 aromatic rings. The van der Waals surface area contributed by atoms with E-state index in [1.807, 2.05) is 54.6 Å². The van der Waals surface area contributed by atoms with E-state index in [4.69, 9.17) is 0 Å². The molecule has 0 spiro atoms. The number of rotatable bonds is 5. The third-order valence-electron chi connectivity index (χ3n) is 4.53. The molecule has 0 heterocycles. The Morgan fingerprint density at radius 1 is 1.13 bits per heavy atom. The van der Waals surface area contributed by atoms with Crippen molar-refractivity contribution in [2.75, 3.05) is 6.54 Å². The Labute approximate surface area is 142 Å². The van der Waals surface area contributed by atoms with E-state index in [2.05, 4.69) is 15.9 Å². The van der Waals surface area contributed by atoms with Crippen LogP contribution in [0.25, 0.3) is 0 Å². The van der Waals surface area contributed by atoms with Crippen LogP contribution in [0.1, 0.15) is 29.4 Å². The normalized spacial score (nSPS) is 21.5. The molecule has 0 bridgehead atoms. The van der Waals surface area contributed by atoms with Crippen LogP contribution in [0.15, 0.2) is 59.1 Å². The van der Waals surface area contributed by atoms with Gasteiger partial charge in [-0.05, 0) is 23.3 Å². The zero-order valence-corrected chi connectivity index (χ0v) is 14.0. The Bertz CT molecular complexity index is 715. The van der Waals surface area contributed by atoms with E-state index >= 15 is 0 Å². The minimum absolute atomic E-state index is 0.0563. The summed E-state index contributed by atoms with van der Waals surface area (Å²) in [6, 6.07) is 17.2. The quantitative estimate of drug-likeness (QED) is 0.583. The van der Waals surface area contributed by atoms with Crippen LogP contribution >= 0.6 is 15.9 Å². The third-order valence-corrected chi connectivity index (χ3v) is 5.06. The fourth-order valence-corrected chi connectivity index (χ4v) is 3.64. The second-order valence-electron chi connectivity index (χ2n) is 5.89. The van der Waals surface area contributed by atoms with E-state index in [1.54, 1.807) is 0 Å². The van der Waals surface area contributed by atoms with Crippen LogP contribution < -0.4 is 0 Å². The van der Waals surface area contributed by atoms with Crippen LogP contribution in [0.5, 0.6) is 0 Å². The van der Waals surface area contributed by atoms with Gasteiger partial charge < -0.3 is 0 Å². The predicted molar refractivity (Wildman–Crippen MR) is 91.0 cm³/mol. The molecular formula is C18H16BrNO3. The lowest BCUT2D eigenvalue weighted by molar-refractivity contribution is -0.484. The first-order chi connectivity index (χ1) is 11.1. The van der Waals surface area contributed by atoms with Gasteiger partial charge in [0.25, 0.3) is 0 Å². The molecule has 0 amide bonds. The summed E-state index contributed by atoms with van der Waals surface area (Å²) in [4.78, 5) is 23.0. The van der Waals surface area contributed by atoms with Gasteiger partial charge in [0.15, 0.2) is 0 Å². The molecule has 3 rings (SSSR count). The molecule has 0 N–H and O–H groups in total. The van der Waals surface area contributed by atoms with Crippen LogP contribution in [0.4, 0.5) is 0 Å². The predicted octanol–water partition coefficient (Wildman–Crippen LogP) is 4.18. The van der Waals surface area contributed by atoms with Gasteiger partial charge in [-0.3, -0.25) is 14.9 Å². The van der Waals surface area contributed by atoms with Gasteiger partial charge in [0.1, 0.15) is 5.78 Å². The van der Waals surface area contributed by atoms with Crippen molar-refractivity contribution < 1.29 is 9.72 Å². The number of benzene rings is 2. The average molecular weight is 374 g/mol. The Hall–Kier alpha value is -2.01. The molecule has 5 heteroatoms. The molecular weight excluding hydrogens is 358 g/mol. The van der Waals surface area contributed by atoms with Crippen LogP contribution in [0.2, 0.25) is 0 Å². The zero-order valence-electron chi connectivity index (χ0n) is 12.4. The Kier molecular flexibility index (Phi) is 4.57. The molecule has 1 fully saturated rings. The van der Waals surface area contributed by atoms with Crippen molar-refractivity contribution in [2.45, 2.75) is 18.3 Å². The van der Waals surface area contributed by atoms with Gasteiger partial charge in [-0.15, -0.1) is 0 Å². The number of carbonyl (C=O) groups is 1. The highest BCUT2D eigenvalue weighted by Crippen LogP contribution is 2.47. The highest BCUT2D eigenvalue weighted by Gasteiger charge is 2.47. The zero-order chi connectivity index (χ0) is 16.4. The highest BCUT2D eigenvalue weighted by molar-refractivity contribution is 9.10. The van der Waals surface area contributed by atoms with Crippen molar-refractivity contribution in [1.82, 2.24) is 0 Å². The monoisotopic (exact) mass is 373 g/mol. The van der Waals surface area contributed by atoms with Crippen LogP contribution in [-0.2, 0) is 4.79 Å². The number of Topliss-reactive ketones (excluding diaryl/α,β-unsaturated/α-hetero) is 1. The SMILES string of the molecule is O=C1C[C@@H](c2ccc(Br)cc2)[C@@H]1[C@H](C[N+](=O)[O-])c1ccccc1. The van der Waals surface area contributed by atoms with Gasteiger partial charge in [0, 0.05) is 27.7 Å². The van der Waals surface area contributed by atoms with Crippen molar-refractivity contribution in [3.63, 3.8) is 0 Å². The number of nitrogens with zero attached hydrogens (tertiary/aromatic N) is 1. The molecule has 0 saturated heterocycles. The maximum Gasteiger partial charge on any atom is 0.211 e. The molecule has 0 unspecified atom stereocenters. The molecule has 4 nitrogen and oxygen atoms in total. The van der Waals surface area contributed by atoms with E-state index in [0.29, 0.717) is 6.42 Å². The lowest BCUT2D eigenvalue weighted by Gasteiger charge is -2.39. The Morgan fingerprint density at radius 2 is 1.78 bits per heavy atom. The smallest absolute Gasteiger partial charge is 0.211 e. The summed E-state index contributed by atoms with van der Waals surface area (Å²) in [7, 11) is 0. The topological polar surface area (TPSA) is 60.2 Å². The largest absolute Gasteiger partial charge is 0.299 e. The number of hydrogen-bond acceptors (Lipinski definition) is 3. The molecule has 0 aliphatic heterocycles. The first-order valence-electron chi connectivity index (χ1n) is 7.51. The summed E-state index contributed by atoms with van der Waals surface area (Å²) in [5.74, 6) is -0.514. The molecule has 1 saturated carbocycles. The molecule has 23 heavy (non-hydrogen) atoms. The van der Waals surface area contributed by atoms with E-state index in [0.717, 1.165) is 15.6 Å². The van der Waals surface area contributed by atoms with E-state index in [9.17, 15) is 14.9 Å². The summed E-state index contributed by atoms with van der Waals surface area (Å²) in [6.07, 6.45) is 0.466. The lowest BCUT2D eigenvalue weighted by atomic mass is 9.62. The molecule has 118 valence electrons. The van der Waals surface area contributed by atoms with Crippen LogP contribution in [0, 0.1) is 16.0 Å². The van der Waals surface area contributed by atoms with Crippen LogP contribution in [0.3, 0.4) is 0 Å². The van der Waals surface area contributed by atoms with E-state index in [1.165, 1.54) is 0 Å². The van der Waals surface area contributed by atoms with Crippen molar-refractivity contribution >= 4 is 21.7 Å². The summed E-state index contributed by atoms with van der Waals surface area (Å²) >= 11 is 3.40. The molecule has 0 aromatic heterocycles. The first-order valence-corrected chi connectivity index (χ1v) is 8.30. The number of nitro groups is 1. The Morgan fingerprint density at radius 3 is 2.35 bits per heavy atom. The van der Waals surface area contributed by atoms with Crippen molar-refractivity contribution in [2.24, 2.45) is 5.92 Å². The van der Waals surface area contributed by atoms with E-state index in [-0.39, 0.29) is 35.0 Å².